The molecule has 0 bridgehead atoms. The number of carbonyl (C=O) groups is 1. The van der Waals surface area contributed by atoms with Crippen molar-refractivity contribution >= 4 is 27.5 Å². The number of halogens is 1. The molecule has 9 nitrogen and oxygen atoms in total. The summed E-state index contributed by atoms with van der Waals surface area (Å²) in [7, 11) is -2.28. The standard InChI is InChI=1S/C13H14ClN6O3S/c1-7-10(11(14)19(2)18-7)24(22,23)20-4-3-8-5-16-13(12(15)21)17-9(8)6-20/h3-4,6H2,1-2H3,(H2,15,21). The van der Waals surface area contributed by atoms with Crippen molar-refractivity contribution in [3.8, 4) is 0 Å². The fourth-order valence-corrected chi connectivity index (χ4v) is 4.68. The van der Waals surface area contributed by atoms with Gasteiger partial charge in [-0.2, -0.15) is 9.40 Å². The zero-order valence-corrected chi connectivity index (χ0v) is 14.5. The maximum Gasteiger partial charge on any atom is 0.286 e. The maximum atomic E-state index is 12.9. The molecule has 2 aromatic heterocycles. The fraction of sp³-hybridized carbons (Fsp3) is 0.385. The summed E-state index contributed by atoms with van der Waals surface area (Å²) in [5.74, 6) is -0.983. The second-order valence-corrected chi connectivity index (χ2v) is 7.60. The number of hydrogen-bond donors (Lipinski definition) is 1. The topological polar surface area (TPSA) is 124 Å². The second kappa shape index (κ2) is 5.80. The van der Waals surface area contributed by atoms with Crippen LogP contribution in [-0.4, -0.2) is 44.9 Å². The van der Waals surface area contributed by atoms with Gasteiger partial charge in [-0.1, -0.05) is 11.6 Å². The molecule has 0 saturated heterocycles. The van der Waals surface area contributed by atoms with E-state index in [1.165, 1.54) is 8.99 Å². The van der Waals surface area contributed by atoms with Gasteiger partial charge in [0, 0.05) is 19.2 Å². The monoisotopic (exact) mass is 369 g/mol. The van der Waals surface area contributed by atoms with Gasteiger partial charge in [-0.15, -0.1) is 0 Å². The number of sulfonamides is 1. The van der Waals surface area contributed by atoms with Gasteiger partial charge in [0.25, 0.3) is 5.91 Å². The zero-order valence-electron chi connectivity index (χ0n) is 12.9. The summed E-state index contributed by atoms with van der Waals surface area (Å²) in [6.07, 6.45) is 3.08. The minimum absolute atomic E-state index is 0.0123. The Morgan fingerprint density at radius 2 is 2.12 bits per heavy atom. The van der Waals surface area contributed by atoms with Crippen LogP contribution in [0.15, 0.2) is 4.90 Å². The molecule has 0 unspecified atom stereocenters. The number of aryl methyl sites for hydroxylation is 2. The molecular weight excluding hydrogens is 356 g/mol. The van der Waals surface area contributed by atoms with Gasteiger partial charge in [0.15, 0.2) is 0 Å². The van der Waals surface area contributed by atoms with Crippen molar-refractivity contribution in [1.82, 2.24) is 24.1 Å². The van der Waals surface area contributed by atoms with E-state index in [2.05, 4.69) is 21.3 Å². The number of rotatable bonds is 3. The van der Waals surface area contributed by atoms with E-state index in [0.29, 0.717) is 23.4 Å². The minimum atomic E-state index is -3.85. The molecule has 24 heavy (non-hydrogen) atoms. The number of carbonyl (C=O) groups excluding carboxylic acids is 1. The summed E-state index contributed by atoms with van der Waals surface area (Å²) in [5.41, 5.74) is 6.55. The number of amides is 1. The molecule has 0 atom stereocenters. The predicted octanol–water partition coefficient (Wildman–Crippen LogP) is -0.182. The quantitative estimate of drug-likeness (QED) is 0.800. The average Bonchev–Trinajstić information content (AvgIpc) is 2.79. The molecule has 0 aliphatic carbocycles. The smallest absolute Gasteiger partial charge is 0.286 e. The minimum Gasteiger partial charge on any atom is -0.363 e. The molecule has 0 saturated carbocycles. The van der Waals surface area contributed by atoms with Crippen LogP contribution in [0.4, 0.5) is 0 Å². The molecule has 3 heterocycles. The van der Waals surface area contributed by atoms with E-state index in [0.717, 1.165) is 0 Å². The van der Waals surface area contributed by atoms with Crippen molar-refractivity contribution in [3.63, 3.8) is 0 Å². The molecule has 2 N–H and O–H groups in total. The summed E-state index contributed by atoms with van der Waals surface area (Å²) in [5, 5.41) is 4.09. The number of nitrogens with zero attached hydrogens (tertiary/aromatic N) is 5. The van der Waals surface area contributed by atoms with Gasteiger partial charge in [-0.05, 0) is 13.3 Å². The summed E-state index contributed by atoms with van der Waals surface area (Å²) >= 11 is 6.09. The maximum absolute atomic E-state index is 12.9. The molecule has 0 fully saturated rings. The summed E-state index contributed by atoms with van der Waals surface area (Å²) in [6.45, 7) is 1.80. The Kier molecular flexibility index (Phi) is 4.06. The first-order chi connectivity index (χ1) is 11.2. The van der Waals surface area contributed by atoms with E-state index in [1.54, 1.807) is 14.0 Å². The van der Waals surface area contributed by atoms with Gasteiger partial charge in [-0.25, -0.2) is 18.4 Å². The Labute approximate surface area is 143 Å². The third kappa shape index (κ3) is 2.66. The number of primary amides is 1. The Morgan fingerprint density at radius 3 is 2.71 bits per heavy atom. The highest BCUT2D eigenvalue weighted by Gasteiger charge is 2.34. The zero-order chi connectivity index (χ0) is 17.6. The van der Waals surface area contributed by atoms with Gasteiger partial charge >= 0.3 is 0 Å². The van der Waals surface area contributed by atoms with Crippen molar-refractivity contribution in [2.75, 3.05) is 6.54 Å². The van der Waals surface area contributed by atoms with Crippen LogP contribution in [0.1, 0.15) is 27.6 Å². The number of fused-ring (bicyclic) bond motifs is 1. The normalized spacial score (nSPS) is 15.3. The van der Waals surface area contributed by atoms with Gasteiger partial charge < -0.3 is 5.73 Å². The van der Waals surface area contributed by atoms with E-state index >= 15 is 0 Å². The molecule has 11 heteroatoms. The molecule has 3 rings (SSSR count). The molecule has 0 spiro atoms. The van der Waals surface area contributed by atoms with Crippen LogP contribution in [-0.2, 0) is 30.0 Å². The van der Waals surface area contributed by atoms with Crippen LogP contribution >= 0.6 is 11.6 Å². The molecular formula is C13H14ClN6O3S. The van der Waals surface area contributed by atoms with E-state index in [1.807, 2.05) is 0 Å². The number of hydrogen-bond acceptors (Lipinski definition) is 6. The Morgan fingerprint density at radius 1 is 1.42 bits per heavy atom. The lowest BCUT2D eigenvalue weighted by Gasteiger charge is -2.26. The Hall–Kier alpha value is -2.04. The largest absolute Gasteiger partial charge is 0.363 e. The van der Waals surface area contributed by atoms with Crippen molar-refractivity contribution in [3.05, 3.63) is 34.1 Å². The van der Waals surface area contributed by atoms with Gasteiger partial charge in [0.2, 0.25) is 15.8 Å². The molecule has 1 amide bonds. The average molecular weight is 370 g/mol. The van der Waals surface area contributed by atoms with Crippen molar-refractivity contribution in [1.29, 1.82) is 0 Å². The van der Waals surface area contributed by atoms with Crippen molar-refractivity contribution in [2.45, 2.75) is 24.8 Å². The third-order valence-electron chi connectivity index (χ3n) is 3.74. The first-order valence-electron chi connectivity index (χ1n) is 6.98. The summed E-state index contributed by atoms with van der Waals surface area (Å²) < 4.78 is 28.4. The molecule has 1 aliphatic heterocycles. The van der Waals surface area contributed by atoms with E-state index in [-0.39, 0.29) is 29.0 Å². The first kappa shape index (κ1) is 16.8. The lowest BCUT2D eigenvalue weighted by Crippen LogP contribution is -2.37. The molecule has 1 radical (unpaired) electrons. The van der Waals surface area contributed by atoms with Crippen LogP contribution in [0.5, 0.6) is 0 Å². The highest BCUT2D eigenvalue weighted by Crippen LogP contribution is 2.30. The molecule has 0 aromatic carbocycles. The molecule has 1 aliphatic rings. The fourth-order valence-electron chi connectivity index (χ4n) is 2.57. The van der Waals surface area contributed by atoms with Gasteiger partial charge in [0.05, 0.1) is 24.1 Å². The first-order valence-corrected chi connectivity index (χ1v) is 8.80. The third-order valence-corrected chi connectivity index (χ3v) is 6.28. The summed E-state index contributed by atoms with van der Waals surface area (Å²) in [4.78, 5) is 19.0. The Bertz CT molecular complexity index is 939. The van der Waals surface area contributed by atoms with Crippen LogP contribution < -0.4 is 5.73 Å². The van der Waals surface area contributed by atoms with Crippen molar-refractivity contribution < 1.29 is 13.2 Å². The Balaban J connectivity index is 2.00. The number of nitrogens with two attached hydrogens (primary N) is 1. The van der Waals surface area contributed by atoms with Crippen molar-refractivity contribution in [2.24, 2.45) is 12.8 Å². The van der Waals surface area contributed by atoms with E-state index < -0.39 is 15.9 Å². The SMILES string of the molecule is Cc1nn(C)c(Cl)c1S(=O)(=O)N1CCc2[c]nc(C(N)=O)nc2C1. The highest BCUT2D eigenvalue weighted by atomic mass is 35.5. The van der Waals surface area contributed by atoms with Crippen LogP contribution in [0.3, 0.4) is 0 Å². The van der Waals surface area contributed by atoms with Gasteiger partial charge in [0.1, 0.15) is 10.0 Å². The molecule has 127 valence electrons. The van der Waals surface area contributed by atoms with Crippen LogP contribution in [0, 0.1) is 13.1 Å². The molecule has 2 aromatic rings. The lowest BCUT2D eigenvalue weighted by atomic mass is 10.1. The van der Waals surface area contributed by atoms with E-state index in [9.17, 15) is 13.2 Å². The second-order valence-electron chi connectivity index (χ2n) is 5.37. The predicted molar refractivity (Wildman–Crippen MR) is 83.6 cm³/mol. The van der Waals surface area contributed by atoms with Crippen LogP contribution in [0.2, 0.25) is 5.15 Å². The van der Waals surface area contributed by atoms with Gasteiger partial charge in [-0.3, -0.25) is 9.48 Å². The van der Waals surface area contributed by atoms with E-state index in [4.69, 9.17) is 17.3 Å². The summed E-state index contributed by atoms with van der Waals surface area (Å²) in [6, 6.07) is 0. The number of aromatic nitrogens is 4. The van der Waals surface area contributed by atoms with Crippen LogP contribution in [0.25, 0.3) is 0 Å². The lowest BCUT2D eigenvalue weighted by molar-refractivity contribution is 0.0989. The highest BCUT2D eigenvalue weighted by molar-refractivity contribution is 7.89.